The van der Waals surface area contributed by atoms with Crippen molar-refractivity contribution in [2.24, 2.45) is 0 Å². The van der Waals surface area contributed by atoms with Crippen molar-refractivity contribution in [3.05, 3.63) is 53.1 Å². The van der Waals surface area contributed by atoms with Gasteiger partial charge in [0.05, 0.1) is 10.2 Å². The molecule has 1 amide bonds. The van der Waals surface area contributed by atoms with Crippen molar-refractivity contribution >= 4 is 44.4 Å². The van der Waals surface area contributed by atoms with E-state index in [-0.39, 0.29) is 5.91 Å². The number of nitrogens with zero attached hydrogens (tertiary/aromatic N) is 3. The molecule has 31 heavy (non-hydrogen) atoms. The minimum absolute atomic E-state index is 0.00632. The van der Waals surface area contributed by atoms with Crippen molar-refractivity contribution < 1.29 is 4.79 Å². The molecule has 5 nitrogen and oxygen atoms in total. The first-order valence-electron chi connectivity index (χ1n) is 10.9. The Balaban J connectivity index is 1.24. The topological polar surface area (TPSA) is 48.5 Å². The number of hydrogen-bond acceptors (Lipinski definition) is 6. The van der Waals surface area contributed by atoms with Gasteiger partial charge in [0, 0.05) is 49.7 Å². The maximum absolute atomic E-state index is 12.4. The minimum Gasteiger partial charge on any atom is -0.351 e. The number of hydrogen-bond donors (Lipinski definition) is 1. The molecule has 164 valence electrons. The summed E-state index contributed by atoms with van der Waals surface area (Å²) in [5.74, 6) is 1.05. The first-order valence-corrected chi connectivity index (χ1v) is 12.7. The Labute approximate surface area is 192 Å². The highest BCUT2D eigenvalue weighted by molar-refractivity contribution is 7.99. The Bertz CT molecular complexity index is 1040. The molecule has 0 bridgehead atoms. The summed E-state index contributed by atoms with van der Waals surface area (Å²) in [6.07, 6.45) is 0. The van der Waals surface area contributed by atoms with Crippen molar-refractivity contribution in [2.75, 3.05) is 49.9 Å². The van der Waals surface area contributed by atoms with Crippen LogP contribution in [0.25, 0.3) is 10.2 Å². The number of thiazole rings is 1. The molecule has 7 heteroatoms. The maximum atomic E-state index is 12.4. The number of fused-ring (bicyclic) bond motifs is 1. The van der Waals surface area contributed by atoms with Crippen LogP contribution in [0.15, 0.2) is 41.3 Å². The summed E-state index contributed by atoms with van der Waals surface area (Å²) in [6, 6.07) is 12.3. The van der Waals surface area contributed by atoms with E-state index in [1.54, 1.807) is 23.1 Å². The number of aryl methyl sites for hydroxylation is 2. The Morgan fingerprint density at radius 2 is 1.87 bits per heavy atom. The molecule has 4 rings (SSSR count). The first-order chi connectivity index (χ1) is 15.0. The Hall–Kier alpha value is -2.09. The van der Waals surface area contributed by atoms with Gasteiger partial charge < -0.3 is 10.2 Å². The molecule has 2 heterocycles. The fourth-order valence-electron chi connectivity index (χ4n) is 3.96. The summed E-state index contributed by atoms with van der Waals surface area (Å²) in [7, 11) is 0. The number of amides is 1. The van der Waals surface area contributed by atoms with Crippen LogP contribution >= 0.6 is 23.1 Å². The predicted octanol–water partition coefficient (Wildman–Crippen LogP) is 4.58. The van der Waals surface area contributed by atoms with Crippen LogP contribution < -0.4 is 10.2 Å². The smallest absolute Gasteiger partial charge is 0.251 e. The molecule has 0 saturated carbocycles. The van der Waals surface area contributed by atoms with Gasteiger partial charge in [-0.05, 0) is 61.1 Å². The van der Waals surface area contributed by atoms with E-state index in [4.69, 9.17) is 4.98 Å². The van der Waals surface area contributed by atoms with Gasteiger partial charge in [-0.25, -0.2) is 4.98 Å². The highest BCUT2D eigenvalue weighted by Gasteiger charge is 2.20. The molecule has 0 spiro atoms. The lowest BCUT2D eigenvalue weighted by molar-refractivity contribution is 0.0947. The minimum atomic E-state index is 0.00632. The summed E-state index contributed by atoms with van der Waals surface area (Å²) in [5.41, 5.74) is 4.42. The van der Waals surface area contributed by atoms with Gasteiger partial charge in [0.1, 0.15) is 0 Å². The number of aromatic nitrogens is 1. The average Bonchev–Trinajstić information content (AvgIpc) is 3.19. The second-order valence-electron chi connectivity index (χ2n) is 7.97. The van der Waals surface area contributed by atoms with Crippen molar-refractivity contribution in [1.82, 2.24) is 15.2 Å². The third-order valence-electron chi connectivity index (χ3n) is 5.59. The van der Waals surface area contributed by atoms with Crippen LogP contribution in [0.4, 0.5) is 5.13 Å². The number of rotatable bonds is 7. The molecule has 1 aliphatic heterocycles. The van der Waals surface area contributed by atoms with E-state index in [0.717, 1.165) is 54.7 Å². The van der Waals surface area contributed by atoms with Gasteiger partial charge in [0.15, 0.2) is 5.13 Å². The summed E-state index contributed by atoms with van der Waals surface area (Å²) in [5, 5.41) is 4.18. The highest BCUT2D eigenvalue weighted by Crippen LogP contribution is 2.32. The quantitative estimate of drug-likeness (QED) is 0.530. The third kappa shape index (κ3) is 5.40. The molecule has 0 atom stereocenters. The molecule has 0 aliphatic carbocycles. The normalized spacial score (nSPS) is 14.9. The largest absolute Gasteiger partial charge is 0.351 e. The monoisotopic (exact) mass is 454 g/mol. The van der Waals surface area contributed by atoms with Crippen molar-refractivity contribution in [1.29, 1.82) is 0 Å². The Kier molecular flexibility index (Phi) is 7.15. The summed E-state index contributed by atoms with van der Waals surface area (Å²) in [6.45, 7) is 11.9. The second kappa shape index (κ2) is 10.0. The standard InChI is InChI=1S/C24H30N4OS2/c1-4-30-20-7-5-19(6-8-20)23(29)25-9-10-27-11-13-28(14-12-27)24-26-21-16-17(2)15-18(3)22(21)31-24/h5-8,15-16H,4,9-14H2,1-3H3,(H,25,29). The van der Waals surface area contributed by atoms with Crippen LogP contribution in [0.5, 0.6) is 0 Å². The van der Waals surface area contributed by atoms with E-state index < -0.39 is 0 Å². The molecule has 1 N–H and O–H groups in total. The molecule has 1 fully saturated rings. The number of nitrogens with one attached hydrogen (secondary N) is 1. The molecule has 1 aliphatic rings. The van der Waals surface area contributed by atoms with Crippen LogP contribution in [0, 0.1) is 13.8 Å². The van der Waals surface area contributed by atoms with E-state index >= 15 is 0 Å². The lowest BCUT2D eigenvalue weighted by Crippen LogP contribution is -2.48. The van der Waals surface area contributed by atoms with Gasteiger partial charge in [0.25, 0.3) is 5.91 Å². The first kappa shape index (κ1) is 22.1. The van der Waals surface area contributed by atoms with Gasteiger partial charge in [-0.2, -0.15) is 0 Å². The van der Waals surface area contributed by atoms with Gasteiger partial charge in [-0.3, -0.25) is 9.69 Å². The molecule has 1 aromatic heterocycles. The van der Waals surface area contributed by atoms with Crippen LogP contribution in [0.2, 0.25) is 0 Å². The molecule has 0 radical (unpaired) electrons. The lowest BCUT2D eigenvalue weighted by Gasteiger charge is -2.34. The molecular weight excluding hydrogens is 424 g/mol. The van der Waals surface area contributed by atoms with Gasteiger partial charge in [0.2, 0.25) is 0 Å². The zero-order valence-electron chi connectivity index (χ0n) is 18.5. The summed E-state index contributed by atoms with van der Waals surface area (Å²) < 4.78 is 1.30. The number of piperazine rings is 1. The summed E-state index contributed by atoms with van der Waals surface area (Å²) in [4.78, 5) is 23.3. The number of benzene rings is 2. The highest BCUT2D eigenvalue weighted by atomic mass is 32.2. The Morgan fingerprint density at radius 3 is 2.58 bits per heavy atom. The van der Waals surface area contributed by atoms with Crippen LogP contribution in [0.3, 0.4) is 0 Å². The number of carbonyl (C=O) groups is 1. The van der Waals surface area contributed by atoms with E-state index in [1.165, 1.54) is 20.7 Å². The zero-order valence-corrected chi connectivity index (χ0v) is 20.1. The van der Waals surface area contributed by atoms with Gasteiger partial charge >= 0.3 is 0 Å². The second-order valence-corrected chi connectivity index (χ2v) is 10.3. The van der Waals surface area contributed by atoms with Crippen molar-refractivity contribution in [3.8, 4) is 0 Å². The van der Waals surface area contributed by atoms with Gasteiger partial charge in [-0.1, -0.05) is 24.3 Å². The zero-order chi connectivity index (χ0) is 21.8. The molecule has 2 aromatic carbocycles. The van der Waals surface area contributed by atoms with Crippen molar-refractivity contribution in [2.45, 2.75) is 25.7 Å². The van der Waals surface area contributed by atoms with Gasteiger partial charge in [-0.15, -0.1) is 11.8 Å². The molecule has 1 saturated heterocycles. The summed E-state index contributed by atoms with van der Waals surface area (Å²) >= 11 is 3.59. The fourth-order valence-corrected chi connectivity index (χ4v) is 5.69. The molecular formula is C24H30N4OS2. The number of anilines is 1. The predicted molar refractivity (Wildman–Crippen MR) is 133 cm³/mol. The van der Waals surface area contributed by atoms with E-state index in [9.17, 15) is 4.79 Å². The van der Waals surface area contributed by atoms with Crippen molar-refractivity contribution in [3.63, 3.8) is 0 Å². The van der Waals surface area contributed by atoms with E-state index in [0.29, 0.717) is 6.54 Å². The van der Waals surface area contributed by atoms with Crippen LogP contribution in [-0.2, 0) is 0 Å². The average molecular weight is 455 g/mol. The fraction of sp³-hybridized carbons (Fsp3) is 0.417. The van der Waals surface area contributed by atoms with Crippen LogP contribution in [0.1, 0.15) is 28.4 Å². The lowest BCUT2D eigenvalue weighted by atomic mass is 10.1. The van der Waals surface area contributed by atoms with Crippen LogP contribution in [-0.4, -0.2) is 60.8 Å². The number of thioether (sulfide) groups is 1. The van der Waals surface area contributed by atoms with E-state index in [1.807, 2.05) is 24.3 Å². The maximum Gasteiger partial charge on any atom is 0.251 e. The van der Waals surface area contributed by atoms with E-state index in [2.05, 4.69) is 48.0 Å². The Morgan fingerprint density at radius 1 is 1.13 bits per heavy atom. The number of carbonyl (C=O) groups excluding carboxylic acids is 1. The third-order valence-corrected chi connectivity index (χ3v) is 7.75. The molecule has 3 aromatic rings. The SMILES string of the molecule is CCSc1ccc(C(=O)NCCN2CCN(c3nc4cc(C)cc(C)c4s3)CC2)cc1. The molecule has 0 unspecified atom stereocenters.